The number of hydrogen-bond acceptors (Lipinski definition) is 4. The predicted molar refractivity (Wildman–Crippen MR) is 114 cm³/mol. The molecule has 6 nitrogen and oxygen atoms in total. The Kier molecular flexibility index (Phi) is 6.04. The van der Waals surface area contributed by atoms with E-state index in [9.17, 15) is 9.59 Å². The van der Waals surface area contributed by atoms with Crippen LogP contribution in [0.15, 0.2) is 42.5 Å². The van der Waals surface area contributed by atoms with Gasteiger partial charge in [0.15, 0.2) is 23.3 Å². The topological polar surface area (TPSA) is 69.1 Å². The third-order valence-corrected chi connectivity index (χ3v) is 6.07. The van der Waals surface area contributed by atoms with Crippen molar-refractivity contribution in [2.45, 2.75) is 45.2 Å². The molecular formula is C24H29N2O4+. The SMILES string of the molecule is CC(=O)c1cccc(NC(=O)[C@@H](C)[NH+]2CCC[C@@H]2c2ccc3c(c2)OCCCO3)c1. The van der Waals surface area contributed by atoms with Crippen molar-refractivity contribution in [3.63, 3.8) is 0 Å². The number of rotatable bonds is 5. The van der Waals surface area contributed by atoms with E-state index in [-0.39, 0.29) is 23.8 Å². The molecule has 2 aliphatic heterocycles. The lowest BCUT2D eigenvalue weighted by Crippen LogP contribution is -3.15. The maximum absolute atomic E-state index is 13.0. The van der Waals surface area contributed by atoms with E-state index in [0.717, 1.165) is 37.3 Å². The highest BCUT2D eigenvalue weighted by molar-refractivity contribution is 5.98. The summed E-state index contributed by atoms with van der Waals surface area (Å²) in [6, 6.07) is 13.3. The zero-order valence-corrected chi connectivity index (χ0v) is 17.6. The molecule has 3 atom stereocenters. The maximum Gasteiger partial charge on any atom is 0.282 e. The largest absolute Gasteiger partial charge is 0.490 e. The minimum atomic E-state index is -0.213. The van der Waals surface area contributed by atoms with Crippen LogP contribution in [-0.2, 0) is 4.79 Å². The molecular weight excluding hydrogens is 380 g/mol. The number of ketones is 1. The van der Waals surface area contributed by atoms with Crippen LogP contribution < -0.4 is 19.7 Å². The highest BCUT2D eigenvalue weighted by Crippen LogP contribution is 2.33. The predicted octanol–water partition coefficient (Wildman–Crippen LogP) is 2.80. The zero-order valence-electron chi connectivity index (χ0n) is 17.6. The third kappa shape index (κ3) is 4.33. The van der Waals surface area contributed by atoms with Gasteiger partial charge in [0, 0.05) is 36.1 Å². The molecule has 6 heteroatoms. The van der Waals surface area contributed by atoms with E-state index >= 15 is 0 Å². The van der Waals surface area contributed by atoms with Gasteiger partial charge in [-0.25, -0.2) is 0 Å². The number of Topliss-reactive ketones (excluding diaryl/α,β-unsaturated/α-hetero) is 1. The number of carbonyl (C=O) groups is 2. The van der Waals surface area contributed by atoms with Gasteiger partial charge in [-0.3, -0.25) is 9.59 Å². The summed E-state index contributed by atoms with van der Waals surface area (Å²) in [5.41, 5.74) is 2.44. The van der Waals surface area contributed by atoms with Crippen molar-refractivity contribution in [2.75, 3.05) is 25.1 Å². The minimum Gasteiger partial charge on any atom is -0.490 e. The van der Waals surface area contributed by atoms with Crippen LogP contribution >= 0.6 is 0 Å². The summed E-state index contributed by atoms with van der Waals surface area (Å²) in [6.45, 7) is 5.78. The smallest absolute Gasteiger partial charge is 0.282 e. The highest BCUT2D eigenvalue weighted by Gasteiger charge is 2.37. The molecule has 2 aliphatic rings. The van der Waals surface area contributed by atoms with Gasteiger partial charge in [-0.05, 0) is 44.2 Å². The van der Waals surface area contributed by atoms with Crippen molar-refractivity contribution in [3.05, 3.63) is 53.6 Å². The first kappa shape index (κ1) is 20.4. The van der Waals surface area contributed by atoms with Gasteiger partial charge in [0.25, 0.3) is 5.91 Å². The molecule has 1 amide bonds. The molecule has 1 fully saturated rings. The number of amides is 1. The summed E-state index contributed by atoms with van der Waals surface area (Å²) in [6.07, 6.45) is 2.99. The van der Waals surface area contributed by atoms with Crippen LogP contribution in [0.1, 0.15) is 55.1 Å². The highest BCUT2D eigenvalue weighted by atomic mass is 16.5. The Bertz CT molecular complexity index is 943. The average Bonchev–Trinajstić information content (AvgIpc) is 3.11. The number of quaternary nitrogens is 1. The molecule has 2 aromatic carbocycles. The normalized spacial score (nSPS) is 21.5. The molecule has 0 radical (unpaired) electrons. The van der Waals surface area contributed by atoms with E-state index in [1.54, 1.807) is 18.2 Å². The molecule has 2 aromatic rings. The van der Waals surface area contributed by atoms with Gasteiger partial charge in [-0.1, -0.05) is 12.1 Å². The number of anilines is 1. The second kappa shape index (κ2) is 8.88. The number of fused-ring (bicyclic) bond motifs is 1. The molecule has 158 valence electrons. The molecule has 30 heavy (non-hydrogen) atoms. The lowest BCUT2D eigenvalue weighted by atomic mass is 10.0. The summed E-state index contributed by atoms with van der Waals surface area (Å²) < 4.78 is 11.6. The minimum absolute atomic E-state index is 0.0150. The number of benzene rings is 2. The van der Waals surface area contributed by atoms with E-state index in [1.165, 1.54) is 17.4 Å². The number of hydrogen-bond donors (Lipinski definition) is 2. The first-order chi connectivity index (χ1) is 14.5. The molecule has 2 N–H and O–H groups in total. The molecule has 0 saturated carbocycles. The van der Waals surface area contributed by atoms with Crippen molar-refractivity contribution in [2.24, 2.45) is 0 Å². The molecule has 0 aromatic heterocycles. The fourth-order valence-corrected chi connectivity index (χ4v) is 4.40. The van der Waals surface area contributed by atoms with Crippen LogP contribution in [0.2, 0.25) is 0 Å². The van der Waals surface area contributed by atoms with Crippen molar-refractivity contribution in [3.8, 4) is 11.5 Å². The first-order valence-electron chi connectivity index (χ1n) is 10.7. The van der Waals surface area contributed by atoms with Crippen LogP contribution in [0.3, 0.4) is 0 Å². The summed E-state index contributed by atoms with van der Waals surface area (Å²) in [5.74, 6) is 1.55. The van der Waals surface area contributed by atoms with Gasteiger partial charge in [-0.2, -0.15) is 0 Å². The lowest BCUT2D eigenvalue weighted by molar-refractivity contribution is -0.932. The average molecular weight is 410 g/mol. The lowest BCUT2D eigenvalue weighted by Gasteiger charge is -2.27. The molecule has 2 heterocycles. The van der Waals surface area contributed by atoms with E-state index in [4.69, 9.17) is 9.47 Å². The summed E-state index contributed by atoms with van der Waals surface area (Å²) in [5, 5.41) is 2.99. The van der Waals surface area contributed by atoms with Crippen LogP contribution in [0.25, 0.3) is 0 Å². The number of ether oxygens (including phenoxy) is 2. The van der Waals surface area contributed by atoms with E-state index in [1.807, 2.05) is 19.1 Å². The van der Waals surface area contributed by atoms with E-state index in [2.05, 4.69) is 17.4 Å². The Morgan fingerprint density at radius 2 is 1.87 bits per heavy atom. The Labute approximate surface area is 177 Å². The maximum atomic E-state index is 13.0. The third-order valence-electron chi connectivity index (χ3n) is 6.07. The van der Waals surface area contributed by atoms with Crippen molar-refractivity contribution >= 4 is 17.4 Å². The molecule has 0 bridgehead atoms. The molecule has 4 rings (SSSR count). The molecule has 0 aliphatic carbocycles. The van der Waals surface area contributed by atoms with Crippen molar-refractivity contribution in [1.29, 1.82) is 0 Å². The van der Waals surface area contributed by atoms with Gasteiger partial charge in [0.05, 0.1) is 19.8 Å². The van der Waals surface area contributed by atoms with Gasteiger partial charge < -0.3 is 19.7 Å². The fourth-order valence-electron chi connectivity index (χ4n) is 4.40. The van der Waals surface area contributed by atoms with Gasteiger partial charge >= 0.3 is 0 Å². The van der Waals surface area contributed by atoms with E-state index in [0.29, 0.717) is 24.5 Å². The summed E-state index contributed by atoms with van der Waals surface area (Å²) >= 11 is 0. The van der Waals surface area contributed by atoms with Crippen LogP contribution in [0.5, 0.6) is 11.5 Å². The Morgan fingerprint density at radius 1 is 1.07 bits per heavy atom. The van der Waals surface area contributed by atoms with Crippen LogP contribution in [-0.4, -0.2) is 37.5 Å². The standard InChI is InChI=1S/C24H28N2O4/c1-16(24(28)25-20-7-3-6-18(14-20)17(2)27)26-11-4-8-21(26)19-9-10-22-23(15-19)30-13-5-12-29-22/h3,6-7,9-10,14-16,21H,4-5,8,11-13H2,1-2H3,(H,25,28)/p+1/t16-,21-/m1/s1. The number of likely N-dealkylation sites (tertiary alicyclic amines) is 1. The Hall–Kier alpha value is -2.86. The fraction of sp³-hybridized carbons (Fsp3) is 0.417. The summed E-state index contributed by atoms with van der Waals surface area (Å²) in [7, 11) is 0. The van der Waals surface area contributed by atoms with Crippen LogP contribution in [0, 0.1) is 0 Å². The Balaban J connectivity index is 1.49. The van der Waals surface area contributed by atoms with Gasteiger partial charge in [0.1, 0.15) is 6.04 Å². The van der Waals surface area contributed by atoms with Crippen molar-refractivity contribution in [1.82, 2.24) is 0 Å². The number of nitrogens with one attached hydrogen (secondary N) is 2. The zero-order chi connectivity index (χ0) is 21.1. The quantitative estimate of drug-likeness (QED) is 0.745. The van der Waals surface area contributed by atoms with Crippen molar-refractivity contribution < 1.29 is 24.0 Å². The number of carbonyl (C=O) groups excluding carboxylic acids is 2. The molecule has 1 saturated heterocycles. The second-order valence-electron chi connectivity index (χ2n) is 8.12. The van der Waals surface area contributed by atoms with Gasteiger partial charge in [-0.15, -0.1) is 0 Å². The monoisotopic (exact) mass is 409 g/mol. The molecule has 1 unspecified atom stereocenters. The summed E-state index contributed by atoms with van der Waals surface area (Å²) in [4.78, 5) is 25.8. The van der Waals surface area contributed by atoms with E-state index < -0.39 is 0 Å². The second-order valence-corrected chi connectivity index (χ2v) is 8.12. The van der Waals surface area contributed by atoms with Crippen LogP contribution in [0.4, 0.5) is 5.69 Å². The Morgan fingerprint density at radius 3 is 2.67 bits per heavy atom. The molecule has 0 spiro atoms. The first-order valence-corrected chi connectivity index (χ1v) is 10.7. The van der Waals surface area contributed by atoms with Gasteiger partial charge in [0.2, 0.25) is 0 Å².